The van der Waals surface area contributed by atoms with Gasteiger partial charge in [-0.3, -0.25) is 4.57 Å². The molecule has 1 atom stereocenters. The van der Waals surface area contributed by atoms with Crippen molar-refractivity contribution in [2.24, 2.45) is 5.73 Å². The van der Waals surface area contributed by atoms with Gasteiger partial charge in [0.1, 0.15) is 29.3 Å². The number of aromatic carboxylic acids is 1. The lowest BCUT2D eigenvalue weighted by atomic mass is 10.0. The van der Waals surface area contributed by atoms with Crippen molar-refractivity contribution >= 4 is 34.4 Å². The molecule has 2 aromatic carbocycles. The lowest BCUT2D eigenvalue weighted by molar-refractivity contribution is 0.0697. The number of ether oxygens (including phenoxy) is 1. The van der Waals surface area contributed by atoms with Crippen LogP contribution in [0.15, 0.2) is 54.9 Å². The Kier molecular flexibility index (Phi) is 7.00. The predicted octanol–water partition coefficient (Wildman–Crippen LogP) is 4.85. The summed E-state index contributed by atoms with van der Waals surface area (Å²) in [5, 5.41) is 13.6. The number of hydrogen-bond donors (Lipinski definition) is 3. The SMILES string of the molecule is CCc1cc2ncn(-c3ccc(C(=O)O)c(NC(CCN)c4cccc(Cl)c4)n3)c2cc1OC. The molecule has 0 radical (unpaired) electrons. The average Bonchev–Trinajstić information content (AvgIpc) is 3.25. The summed E-state index contributed by atoms with van der Waals surface area (Å²) in [5.74, 6) is 0.450. The second kappa shape index (κ2) is 10.1. The van der Waals surface area contributed by atoms with Crippen LogP contribution in [0.25, 0.3) is 16.9 Å². The number of methoxy groups -OCH3 is 1. The van der Waals surface area contributed by atoms with Crippen LogP contribution >= 0.6 is 11.6 Å². The number of nitrogens with zero attached hydrogens (tertiary/aromatic N) is 3. The van der Waals surface area contributed by atoms with Crippen molar-refractivity contribution in [1.82, 2.24) is 14.5 Å². The topological polar surface area (TPSA) is 115 Å². The van der Waals surface area contributed by atoms with Crippen LogP contribution < -0.4 is 15.8 Å². The number of nitrogens with one attached hydrogen (secondary N) is 1. The number of pyridine rings is 1. The third-order valence-corrected chi connectivity index (χ3v) is 5.94. The fourth-order valence-electron chi connectivity index (χ4n) is 3.97. The molecule has 0 aliphatic carbocycles. The van der Waals surface area contributed by atoms with Gasteiger partial charge >= 0.3 is 5.97 Å². The van der Waals surface area contributed by atoms with Crippen LogP contribution in [0.3, 0.4) is 0 Å². The molecule has 0 fully saturated rings. The summed E-state index contributed by atoms with van der Waals surface area (Å²) < 4.78 is 7.35. The van der Waals surface area contributed by atoms with Crippen LogP contribution in [0, 0.1) is 0 Å². The Hall–Kier alpha value is -3.62. The number of carbonyl (C=O) groups is 1. The zero-order chi connectivity index (χ0) is 24.2. The van der Waals surface area contributed by atoms with Crippen molar-refractivity contribution < 1.29 is 14.6 Å². The molecule has 34 heavy (non-hydrogen) atoms. The molecule has 8 nitrogen and oxygen atoms in total. The number of rotatable bonds is 9. The Labute approximate surface area is 202 Å². The van der Waals surface area contributed by atoms with Crippen LogP contribution in [-0.2, 0) is 6.42 Å². The predicted molar refractivity (Wildman–Crippen MR) is 133 cm³/mol. The minimum atomic E-state index is -1.08. The normalized spacial score (nSPS) is 12.0. The van der Waals surface area contributed by atoms with Crippen molar-refractivity contribution in [3.63, 3.8) is 0 Å². The third-order valence-electron chi connectivity index (χ3n) is 5.71. The standard InChI is InChI=1S/C25H26ClN5O3/c1-3-15-12-20-21(13-22(15)34-2)31(14-28-20)23-8-7-18(25(32)33)24(30-23)29-19(9-10-27)16-5-4-6-17(26)11-16/h4-8,11-14,19H,3,9-10,27H2,1-2H3,(H,29,30)(H,32,33). The summed E-state index contributed by atoms with van der Waals surface area (Å²) in [6.45, 7) is 2.46. The number of benzene rings is 2. The van der Waals surface area contributed by atoms with Gasteiger partial charge in [-0.05, 0) is 60.8 Å². The van der Waals surface area contributed by atoms with Crippen molar-refractivity contribution in [3.8, 4) is 11.6 Å². The molecule has 0 saturated carbocycles. The second-order valence-corrected chi connectivity index (χ2v) is 8.26. The number of fused-ring (bicyclic) bond motifs is 1. The number of imidazole rings is 1. The van der Waals surface area contributed by atoms with Crippen LogP contribution in [0.5, 0.6) is 5.75 Å². The molecule has 0 spiro atoms. The number of carboxylic acid groups (broad SMARTS) is 1. The van der Waals surface area contributed by atoms with E-state index in [2.05, 4.69) is 22.2 Å². The zero-order valence-electron chi connectivity index (χ0n) is 19.0. The summed E-state index contributed by atoms with van der Waals surface area (Å²) in [4.78, 5) is 21.1. The van der Waals surface area contributed by atoms with Gasteiger partial charge in [-0.25, -0.2) is 14.8 Å². The molecule has 176 valence electrons. The van der Waals surface area contributed by atoms with Crippen LogP contribution in [-0.4, -0.2) is 39.3 Å². The van der Waals surface area contributed by atoms with Gasteiger partial charge in [0.05, 0.1) is 24.2 Å². The molecule has 4 rings (SSSR count). The van der Waals surface area contributed by atoms with E-state index in [9.17, 15) is 9.90 Å². The highest BCUT2D eigenvalue weighted by molar-refractivity contribution is 6.30. The second-order valence-electron chi connectivity index (χ2n) is 7.82. The molecule has 2 heterocycles. The van der Waals surface area contributed by atoms with Crippen LogP contribution in [0.2, 0.25) is 5.02 Å². The van der Waals surface area contributed by atoms with E-state index < -0.39 is 5.97 Å². The quantitative estimate of drug-likeness (QED) is 0.314. The summed E-state index contributed by atoms with van der Waals surface area (Å²) in [7, 11) is 1.64. The molecule has 0 saturated heterocycles. The first kappa shape index (κ1) is 23.5. The average molecular weight is 480 g/mol. The number of aryl methyl sites for hydroxylation is 1. The van der Waals surface area contributed by atoms with Gasteiger partial charge in [0.15, 0.2) is 0 Å². The molecule has 0 aliphatic heterocycles. The van der Waals surface area contributed by atoms with E-state index in [-0.39, 0.29) is 17.4 Å². The van der Waals surface area contributed by atoms with Crippen molar-refractivity contribution in [2.45, 2.75) is 25.8 Å². The van der Waals surface area contributed by atoms with Gasteiger partial charge in [-0.15, -0.1) is 0 Å². The first-order valence-corrected chi connectivity index (χ1v) is 11.3. The lowest BCUT2D eigenvalue weighted by Gasteiger charge is -2.21. The Morgan fingerprint density at radius 3 is 2.76 bits per heavy atom. The molecule has 4 aromatic rings. The van der Waals surface area contributed by atoms with E-state index in [1.54, 1.807) is 25.6 Å². The van der Waals surface area contributed by atoms with Gasteiger partial charge in [0.25, 0.3) is 0 Å². The molecule has 1 unspecified atom stereocenters. The number of nitrogens with two attached hydrogens (primary N) is 1. The Balaban J connectivity index is 1.79. The van der Waals surface area contributed by atoms with Gasteiger partial charge in [0.2, 0.25) is 0 Å². The molecule has 9 heteroatoms. The highest BCUT2D eigenvalue weighted by Crippen LogP contribution is 2.30. The number of aromatic nitrogens is 3. The fraction of sp³-hybridized carbons (Fsp3) is 0.240. The summed E-state index contributed by atoms with van der Waals surface area (Å²) in [5.41, 5.74) is 9.47. The van der Waals surface area contributed by atoms with E-state index in [4.69, 9.17) is 22.1 Å². The Morgan fingerprint density at radius 1 is 1.26 bits per heavy atom. The molecular formula is C25H26ClN5O3. The maximum atomic E-state index is 12.0. The molecule has 4 N–H and O–H groups in total. The van der Waals surface area contributed by atoms with E-state index in [0.717, 1.165) is 34.3 Å². The van der Waals surface area contributed by atoms with Crippen molar-refractivity contribution in [3.05, 3.63) is 76.6 Å². The summed E-state index contributed by atoms with van der Waals surface area (Å²) >= 11 is 6.18. The van der Waals surface area contributed by atoms with Crippen molar-refractivity contribution in [1.29, 1.82) is 0 Å². The number of anilines is 1. The highest BCUT2D eigenvalue weighted by atomic mass is 35.5. The molecule has 0 amide bonds. The number of hydrogen-bond acceptors (Lipinski definition) is 6. The van der Waals surface area contributed by atoms with Gasteiger partial charge in [0, 0.05) is 11.1 Å². The van der Waals surface area contributed by atoms with Crippen molar-refractivity contribution in [2.75, 3.05) is 19.0 Å². The third kappa shape index (κ3) is 4.69. The van der Waals surface area contributed by atoms with E-state index in [1.807, 2.05) is 34.9 Å². The van der Waals surface area contributed by atoms with Gasteiger partial charge < -0.3 is 20.9 Å². The maximum Gasteiger partial charge on any atom is 0.339 e. The van der Waals surface area contributed by atoms with Gasteiger partial charge in [-0.2, -0.15) is 0 Å². The molecule has 0 bridgehead atoms. The monoisotopic (exact) mass is 479 g/mol. The van der Waals surface area contributed by atoms with Gasteiger partial charge in [-0.1, -0.05) is 30.7 Å². The largest absolute Gasteiger partial charge is 0.496 e. The number of carboxylic acids is 1. The first-order chi connectivity index (χ1) is 16.4. The zero-order valence-corrected chi connectivity index (χ0v) is 19.7. The Bertz CT molecular complexity index is 1340. The van der Waals surface area contributed by atoms with Crippen LogP contribution in [0.1, 0.15) is 40.9 Å². The lowest BCUT2D eigenvalue weighted by Crippen LogP contribution is -2.19. The van der Waals surface area contributed by atoms with E-state index in [0.29, 0.717) is 23.8 Å². The highest BCUT2D eigenvalue weighted by Gasteiger charge is 2.19. The molecular weight excluding hydrogens is 454 g/mol. The van der Waals surface area contributed by atoms with E-state index >= 15 is 0 Å². The number of halogens is 1. The maximum absolute atomic E-state index is 12.0. The first-order valence-electron chi connectivity index (χ1n) is 11.0. The van der Waals surface area contributed by atoms with E-state index in [1.165, 1.54) is 6.07 Å². The minimum absolute atomic E-state index is 0.0584. The molecule has 2 aromatic heterocycles. The van der Waals surface area contributed by atoms with Crippen LogP contribution in [0.4, 0.5) is 5.82 Å². The Morgan fingerprint density at radius 2 is 2.09 bits per heavy atom. The summed E-state index contributed by atoms with van der Waals surface area (Å²) in [6, 6.07) is 14.2. The summed E-state index contributed by atoms with van der Waals surface area (Å²) in [6.07, 6.45) is 3.05. The fourth-order valence-corrected chi connectivity index (χ4v) is 4.17. The minimum Gasteiger partial charge on any atom is -0.496 e. The smallest absolute Gasteiger partial charge is 0.339 e. The molecule has 0 aliphatic rings.